The molecule has 4 aromatic rings. The van der Waals surface area contributed by atoms with Gasteiger partial charge in [0.05, 0.1) is 17.1 Å². The van der Waals surface area contributed by atoms with Crippen molar-refractivity contribution in [3.8, 4) is 0 Å². The van der Waals surface area contributed by atoms with Crippen LogP contribution in [-0.2, 0) is 11.3 Å². The molecule has 0 amide bonds. The first-order valence-electron chi connectivity index (χ1n) is 8.89. The molecule has 146 valence electrons. The van der Waals surface area contributed by atoms with Crippen LogP contribution < -0.4 is 5.56 Å². The zero-order valence-electron chi connectivity index (χ0n) is 15.8. The quantitative estimate of drug-likeness (QED) is 0.478. The SMILES string of the molecule is Cc1nc2ccc(Br)cc2c(=O)n1N=Cc1c(C)n(CC(=O)O)c2ccccc12. The largest absolute Gasteiger partial charge is 0.480 e. The summed E-state index contributed by atoms with van der Waals surface area (Å²) in [4.78, 5) is 28.7. The van der Waals surface area contributed by atoms with Gasteiger partial charge in [-0.2, -0.15) is 9.78 Å². The summed E-state index contributed by atoms with van der Waals surface area (Å²) in [5, 5.41) is 15.0. The smallest absolute Gasteiger partial charge is 0.323 e. The van der Waals surface area contributed by atoms with E-state index in [4.69, 9.17) is 0 Å². The van der Waals surface area contributed by atoms with Crippen molar-refractivity contribution in [1.29, 1.82) is 0 Å². The first-order valence-corrected chi connectivity index (χ1v) is 9.69. The van der Waals surface area contributed by atoms with Crippen molar-refractivity contribution >= 4 is 49.9 Å². The number of aryl methyl sites for hydroxylation is 1. The minimum Gasteiger partial charge on any atom is -0.480 e. The Morgan fingerprint density at radius 3 is 2.72 bits per heavy atom. The van der Waals surface area contributed by atoms with Crippen molar-refractivity contribution in [2.45, 2.75) is 20.4 Å². The summed E-state index contributed by atoms with van der Waals surface area (Å²) in [6.07, 6.45) is 1.59. The summed E-state index contributed by atoms with van der Waals surface area (Å²) in [6.45, 7) is 3.42. The predicted molar refractivity (Wildman–Crippen MR) is 116 cm³/mol. The van der Waals surface area contributed by atoms with Crippen LogP contribution in [0.4, 0.5) is 0 Å². The fraction of sp³-hybridized carbons (Fsp3) is 0.143. The third-order valence-electron chi connectivity index (χ3n) is 4.85. The average molecular weight is 453 g/mol. The Labute approximate surface area is 174 Å². The molecule has 2 aromatic carbocycles. The maximum Gasteiger partial charge on any atom is 0.323 e. The van der Waals surface area contributed by atoms with Crippen LogP contribution in [0.5, 0.6) is 0 Å². The molecule has 0 bridgehead atoms. The van der Waals surface area contributed by atoms with Crippen molar-refractivity contribution in [2.75, 3.05) is 0 Å². The Morgan fingerprint density at radius 1 is 1.21 bits per heavy atom. The minimum absolute atomic E-state index is 0.148. The number of nitrogens with zero attached hydrogens (tertiary/aromatic N) is 4. The number of para-hydroxylation sites is 1. The van der Waals surface area contributed by atoms with Crippen LogP contribution in [0.1, 0.15) is 17.1 Å². The molecule has 2 heterocycles. The second-order valence-electron chi connectivity index (χ2n) is 6.68. The topological polar surface area (TPSA) is 89.5 Å². The molecule has 8 heteroatoms. The van der Waals surface area contributed by atoms with E-state index in [-0.39, 0.29) is 12.1 Å². The molecule has 0 unspecified atom stereocenters. The summed E-state index contributed by atoms with van der Waals surface area (Å²) < 4.78 is 3.78. The summed E-state index contributed by atoms with van der Waals surface area (Å²) in [5.41, 5.74) is 2.67. The Bertz CT molecular complexity index is 1370. The van der Waals surface area contributed by atoms with E-state index in [2.05, 4.69) is 26.0 Å². The van der Waals surface area contributed by atoms with E-state index in [9.17, 15) is 14.7 Å². The molecular formula is C21H17BrN4O3. The van der Waals surface area contributed by atoms with Gasteiger partial charge in [0.25, 0.3) is 5.56 Å². The van der Waals surface area contributed by atoms with Crippen LogP contribution in [0.15, 0.2) is 56.8 Å². The number of hydrogen-bond acceptors (Lipinski definition) is 4. The van der Waals surface area contributed by atoms with Gasteiger partial charge in [0.2, 0.25) is 0 Å². The highest BCUT2D eigenvalue weighted by molar-refractivity contribution is 9.10. The normalized spacial score (nSPS) is 11.7. The molecule has 4 rings (SSSR count). The van der Waals surface area contributed by atoms with Gasteiger partial charge in [-0.3, -0.25) is 9.59 Å². The van der Waals surface area contributed by atoms with Crippen molar-refractivity contribution in [3.63, 3.8) is 0 Å². The number of aliphatic carboxylic acids is 1. The van der Waals surface area contributed by atoms with E-state index in [1.165, 1.54) is 4.68 Å². The van der Waals surface area contributed by atoms with E-state index in [0.29, 0.717) is 16.7 Å². The van der Waals surface area contributed by atoms with Crippen molar-refractivity contribution in [1.82, 2.24) is 14.2 Å². The lowest BCUT2D eigenvalue weighted by Crippen LogP contribution is -2.20. The lowest BCUT2D eigenvalue weighted by molar-refractivity contribution is -0.137. The second-order valence-corrected chi connectivity index (χ2v) is 7.59. The number of carboxylic acid groups (broad SMARTS) is 1. The fourth-order valence-corrected chi connectivity index (χ4v) is 3.83. The van der Waals surface area contributed by atoms with E-state index in [0.717, 1.165) is 26.6 Å². The standard InChI is InChI=1S/C21H17BrN4O3/c1-12-17(15-5-3-4-6-19(15)25(12)11-20(27)28)10-23-26-13(2)24-18-8-7-14(22)9-16(18)21(26)29/h3-10H,11H2,1-2H3,(H,27,28). The lowest BCUT2D eigenvalue weighted by Gasteiger charge is -2.06. The van der Waals surface area contributed by atoms with Gasteiger partial charge >= 0.3 is 5.97 Å². The molecule has 0 aliphatic heterocycles. The zero-order chi connectivity index (χ0) is 20.7. The van der Waals surface area contributed by atoms with Crippen LogP contribution in [-0.4, -0.2) is 31.5 Å². The monoisotopic (exact) mass is 452 g/mol. The van der Waals surface area contributed by atoms with Crippen LogP contribution >= 0.6 is 15.9 Å². The Morgan fingerprint density at radius 2 is 1.97 bits per heavy atom. The van der Waals surface area contributed by atoms with Crippen LogP contribution in [0, 0.1) is 13.8 Å². The zero-order valence-corrected chi connectivity index (χ0v) is 17.3. The molecular weight excluding hydrogens is 436 g/mol. The fourth-order valence-electron chi connectivity index (χ4n) is 3.47. The predicted octanol–water partition coefficient (Wildman–Crippen LogP) is 3.70. The Kier molecular flexibility index (Phi) is 4.79. The van der Waals surface area contributed by atoms with Gasteiger partial charge in [0.15, 0.2) is 0 Å². The number of aromatic nitrogens is 3. The Hall–Kier alpha value is -3.26. The van der Waals surface area contributed by atoms with Gasteiger partial charge in [-0.15, -0.1) is 0 Å². The van der Waals surface area contributed by atoms with Crippen LogP contribution in [0.2, 0.25) is 0 Å². The number of benzene rings is 2. The summed E-state index contributed by atoms with van der Waals surface area (Å²) in [5.74, 6) is -0.457. The molecule has 1 N–H and O–H groups in total. The first kappa shape index (κ1) is 19.1. The molecule has 0 aliphatic carbocycles. The summed E-state index contributed by atoms with van der Waals surface area (Å²) >= 11 is 3.38. The van der Waals surface area contributed by atoms with Crippen molar-refractivity contribution in [3.05, 3.63) is 74.4 Å². The molecule has 0 saturated carbocycles. The lowest BCUT2D eigenvalue weighted by atomic mass is 10.1. The van der Waals surface area contributed by atoms with Crippen molar-refractivity contribution in [2.24, 2.45) is 5.10 Å². The van der Waals surface area contributed by atoms with Gasteiger partial charge < -0.3 is 9.67 Å². The third-order valence-corrected chi connectivity index (χ3v) is 5.34. The summed E-state index contributed by atoms with van der Waals surface area (Å²) in [6, 6.07) is 12.9. The number of hydrogen-bond donors (Lipinski definition) is 1. The van der Waals surface area contributed by atoms with Gasteiger partial charge in [-0.25, -0.2) is 4.98 Å². The molecule has 0 radical (unpaired) electrons. The molecule has 0 aliphatic rings. The highest BCUT2D eigenvalue weighted by atomic mass is 79.9. The number of fused-ring (bicyclic) bond motifs is 2. The molecule has 0 spiro atoms. The molecule has 0 fully saturated rings. The van der Waals surface area contributed by atoms with Crippen LogP contribution in [0.25, 0.3) is 21.8 Å². The molecule has 0 saturated heterocycles. The maximum atomic E-state index is 12.9. The van der Waals surface area contributed by atoms with Gasteiger partial charge in [0, 0.05) is 26.6 Å². The summed E-state index contributed by atoms with van der Waals surface area (Å²) in [7, 11) is 0. The van der Waals surface area contributed by atoms with Crippen LogP contribution in [0.3, 0.4) is 0 Å². The third kappa shape index (κ3) is 3.36. The highest BCUT2D eigenvalue weighted by Crippen LogP contribution is 2.24. The minimum atomic E-state index is -0.922. The van der Waals surface area contributed by atoms with Gasteiger partial charge in [0.1, 0.15) is 12.4 Å². The van der Waals surface area contributed by atoms with E-state index in [1.54, 1.807) is 29.8 Å². The first-order chi connectivity index (χ1) is 13.9. The van der Waals surface area contributed by atoms with E-state index < -0.39 is 5.97 Å². The number of halogens is 1. The number of carbonyl (C=O) groups is 1. The van der Waals surface area contributed by atoms with Gasteiger partial charge in [-0.1, -0.05) is 34.1 Å². The molecule has 7 nitrogen and oxygen atoms in total. The number of carboxylic acids is 1. The van der Waals surface area contributed by atoms with E-state index in [1.807, 2.05) is 37.3 Å². The number of rotatable bonds is 4. The Balaban J connectivity index is 1.89. The van der Waals surface area contributed by atoms with Gasteiger partial charge in [-0.05, 0) is 38.1 Å². The molecule has 0 atom stereocenters. The van der Waals surface area contributed by atoms with E-state index >= 15 is 0 Å². The van der Waals surface area contributed by atoms with Crippen molar-refractivity contribution < 1.29 is 9.90 Å². The molecule has 2 aromatic heterocycles. The maximum absolute atomic E-state index is 12.9. The highest BCUT2D eigenvalue weighted by Gasteiger charge is 2.15. The second kappa shape index (κ2) is 7.29. The average Bonchev–Trinajstić information content (AvgIpc) is 2.94. The molecule has 29 heavy (non-hydrogen) atoms.